The van der Waals surface area contributed by atoms with E-state index >= 15 is 0 Å². The van der Waals surface area contributed by atoms with Gasteiger partial charge in [-0.1, -0.05) is 38.3 Å². The van der Waals surface area contributed by atoms with Crippen LogP contribution in [0.1, 0.15) is 64.0 Å². The summed E-state index contributed by atoms with van der Waals surface area (Å²) in [6, 6.07) is 9.20. The lowest BCUT2D eigenvalue weighted by Crippen LogP contribution is -2.21. The zero-order chi connectivity index (χ0) is 15.1. The fraction of sp³-hybridized carbons (Fsp3) is 0.667. The predicted octanol–water partition coefficient (Wildman–Crippen LogP) is 4.53. The number of rotatable bonds is 6. The average Bonchev–Trinajstić information content (AvgIpc) is 2.70. The van der Waals surface area contributed by atoms with Crippen LogP contribution < -0.4 is 5.32 Å². The molecule has 3 unspecified atom stereocenters. The fourth-order valence-corrected chi connectivity index (χ4v) is 4.19. The second-order valence-electron chi connectivity index (χ2n) is 6.11. The van der Waals surface area contributed by atoms with Gasteiger partial charge in [0, 0.05) is 16.2 Å². The molecule has 0 aliphatic heterocycles. The molecule has 118 valence electrons. The van der Waals surface area contributed by atoms with E-state index in [1.807, 2.05) is 11.8 Å². The topological polar surface area (TPSA) is 32.3 Å². The van der Waals surface area contributed by atoms with Crippen LogP contribution in [-0.4, -0.2) is 23.0 Å². The molecule has 1 aromatic carbocycles. The van der Waals surface area contributed by atoms with Crippen LogP contribution in [0.15, 0.2) is 29.2 Å². The summed E-state index contributed by atoms with van der Waals surface area (Å²) in [5.74, 6) is 0. The van der Waals surface area contributed by atoms with Gasteiger partial charge in [0.1, 0.15) is 0 Å². The molecule has 1 fully saturated rings. The molecule has 2 rings (SSSR count). The summed E-state index contributed by atoms with van der Waals surface area (Å²) in [5, 5.41) is 14.2. The van der Waals surface area contributed by atoms with Crippen molar-refractivity contribution < 1.29 is 5.11 Å². The second-order valence-corrected chi connectivity index (χ2v) is 7.42. The molecule has 0 amide bonds. The van der Waals surface area contributed by atoms with Crippen LogP contribution in [0.5, 0.6) is 0 Å². The van der Waals surface area contributed by atoms with Crippen LogP contribution in [0.3, 0.4) is 0 Å². The molecule has 0 aromatic heterocycles. The highest BCUT2D eigenvalue weighted by molar-refractivity contribution is 8.00. The molecule has 1 aliphatic rings. The van der Waals surface area contributed by atoms with Crippen molar-refractivity contribution in [2.75, 3.05) is 6.54 Å². The minimum Gasteiger partial charge on any atom is -0.392 e. The van der Waals surface area contributed by atoms with Crippen molar-refractivity contribution in [3.8, 4) is 0 Å². The molecule has 1 aromatic rings. The van der Waals surface area contributed by atoms with Gasteiger partial charge in [-0.15, -0.1) is 11.8 Å². The van der Waals surface area contributed by atoms with Gasteiger partial charge in [-0.3, -0.25) is 0 Å². The molecule has 0 radical (unpaired) electrons. The van der Waals surface area contributed by atoms with Gasteiger partial charge < -0.3 is 10.4 Å². The van der Waals surface area contributed by atoms with Crippen molar-refractivity contribution in [3.05, 3.63) is 29.8 Å². The van der Waals surface area contributed by atoms with Crippen LogP contribution in [0.2, 0.25) is 0 Å². The highest BCUT2D eigenvalue weighted by Gasteiger charge is 2.22. The fourth-order valence-electron chi connectivity index (χ4n) is 2.90. The lowest BCUT2D eigenvalue weighted by atomic mass is 10.1. The van der Waals surface area contributed by atoms with Gasteiger partial charge in [0.05, 0.1) is 6.10 Å². The lowest BCUT2D eigenvalue weighted by Gasteiger charge is -2.21. The van der Waals surface area contributed by atoms with E-state index in [4.69, 9.17) is 0 Å². The van der Waals surface area contributed by atoms with Crippen LogP contribution in [0, 0.1) is 0 Å². The van der Waals surface area contributed by atoms with E-state index in [1.165, 1.54) is 29.7 Å². The van der Waals surface area contributed by atoms with Crippen LogP contribution in [0.25, 0.3) is 0 Å². The summed E-state index contributed by atoms with van der Waals surface area (Å²) < 4.78 is 0. The van der Waals surface area contributed by atoms with Gasteiger partial charge in [-0.25, -0.2) is 0 Å². The molecule has 0 saturated heterocycles. The molecule has 21 heavy (non-hydrogen) atoms. The van der Waals surface area contributed by atoms with Crippen LogP contribution in [-0.2, 0) is 0 Å². The number of nitrogens with one attached hydrogen (secondary N) is 1. The largest absolute Gasteiger partial charge is 0.392 e. The van der Waals surface area contributed by atoms with E-state index in [0.29, 0.717) is 11.3 Å². The first-order valence-electron chi connectivity index (χ1n) is 8.38. The maximum Gasteiger partial charge on any atom is 0.0662 e. The summed E-state index contributed by atoms with van der Waals surface area (Å²) in [6.07, 6.45) is 6.82. The Kier molecular flexibility index (Phi) is 7.08. The Hall–Kier alpha value is -0.510. The van der Waals surface area contributed by atoms with E-state index in [-0.39, 0.29) is 6.10 Å². The summed E-state index contributed by atoms with van der Waals surface area (Å²) in [5.41, 5.74) is 1.34. The number of benzene rings is 1. The van der Waals surface area contributed by atoms with Gasteiger partial charge in [0.15, 0.2) is 0 Å². The Morgan fingerprint density at radius 2 is 2.10 bits per heavy atom. The first-order chi connectivity index (χ1) is 10.2. The molecule has 0 heterocycles. The van der Waals surface area contributed by atoms with E-state index < -0.39 is 0 Å². The standard InChI is InChI=1S/C18H29NOS/c1-3-12-19-14(2)15-8-7-9-16(13-15)21-18-11-6-4-5-10-17(18)20/h7-9,13-14,17-20H,3-6,10-12H2,1-2H3. The van der Waals surface area contributed by atoms with Crippen molar-refractivity contribution in [1.29, 1.82) is 0 Å². The van der Waals surface area contributed by atoms with Crippen molar-refractivity contribution in [3.63, 3.8) is 0 Å². The van der Waals surface area contributed by atoms with Crippen LogP contribution in [0.4, 0.5) is 0 Å². The number of hydrogen-bond donors (Lipinski definition) is 2. The van der Waals surface area contributed by atoms with Crippen molar-refractivity contribution >= 4 is 11.8 Å². The van der Waals surface area contributed by atoms with Crippen LogP contribution >= 0.6 is 11.8 Å². The molecule has 3 atom stereocenters. The zero-order valence-electron chi connectivity index (χ0n) is 13.3. The SMILES string of the molecule is CCCNC(C)c1cccc(SC2CCCCCC2O)c1. The van der Waals surface area contributed by atoms with Gasteiger partial charge in [0.25, 0.3) is 0 Å². The first kappa shape index (κ1) is 16.9. The summed E-state index contributed by atoms with van der Waals surface area (Å²) in [7, 11) is 0. The number of hydrogen-bond acceptors (Lipinski definition) is 3. The second kappa shape index (κ2) is 8.82. The van der Waals surface area contributed by atoms with Gasteiger partial charge >= 0.3 is 0 Å². The van der Waals surface area contributed by atoms with Gasteiger partial charge in [-0.2, -0.15) is 0 Å². The zero-order valence-corrected chi connectivity index (χ0v) is 14.2. The van der Waals surface area contributed by atoms with Crippen molar-refractivity contribution in [1.82, 2.24) is 5.32 Å². The smallest absolute Gasteiger partial charge is 0.0662 e. The minimum atomic E-state index is -0.142. The van der Waals surface area contributed by atoms with E-state index in [2.05, 4.69) is 43.4 Å². The molecule has 1 saturated carbocycles. The average molecular weight is 308 g/mol. The maximum atomic E-state index is 10.3. The molecule has 2 nitrogen and oxygen atoms in total. The lowest BCUT2D eigenvalue weighted by molar-refractivity contribution is 0.163. The highest BCUT2D eigenvalue weighted by atomic mass is 32.2. The molecular formula is C18H29NOS. The third kappa shape index (κ3) is 5.32. The summed E-state index contributed by atoms with van der Waals surface area (Å²) in [6.45, 7) is 5.47. The highest BCUT2D eigenvalue weighted by Crippen LogP contribution is 2.34. The quantitative estimate of drug-likeness (QED) is 0.757. The van der Waals surface area contributed by atoms with E-state index in [0.717, 1.165) is 25.8 Å². The van der Waals surface area contributed by atoms with Gasteiger partial charge in [0.2, 0.25) is 0 Å². The Morgan fingerprint density at radius 1 is 1.29 bits per heavy atom. The Morgan fingerprint density at radius 3 is 2.90 bits per heavy atom. The molecule has 0 spiro atoms. The Balaban J connectivity index is 1.99. The summed E-state index contributed by atoms with van der Waals surface area (Å²) >= 11 is 1.86. The van der Waals surface area contributed by atoms with E-state index in [1.54, 1.807) is 0 Å². The molecular weight excluding hydrogens is 278 g/mol. The number of thioether (sulfide) groups is 1. The molecule has 0 bridgehead atoms. The van der Waals surface area contributed by atoms with Gasteiger partial charge in [-0.05, 0) is 50.4 Å². The Labute approximate surface area is 133 Å². The third-order valence-corrected chi connectivity index (χ3v) is 5.64. The maximum absolute atomic E-state index is 10.3. The van der Waals surface area contributed by atoms with Crippen molar-refractivity contribution in [2.24, 2.45) is 0 Å². The Bertz CT molecular complexity index is 423. The summed E-state index contributed by atoms with van der Waals surface area (Å²) in [4.78, 5) is 1.29. The van der Waals surface area contributed by atoms with E-state index in [9.17, 15) is 5.11 Å². The predicted molar refractivity (Wildman–Crippen MR) is 91.9 cm³/mol. The molecule has 1 aliphatic carbocycles. The minimum absolute atomic E-state index is 0.142. The number of aliphatic hydroxyl groups is 1. The monoisotopic (exact) mass is 307 g/mol. The molecule has 3 heteroatoms. The number of aliphatic hydroxyl groups excluding tert-OH is 1. The normalized spacial score (nSPS) is 24.5. The third-order valence-electron chi connectivity index (χ3n) is 4.26. The first-order valence-corrected chi connectivity index (χ1v) is 9.26. The van der Waals surface area contributed by atoms with Crippen molar-refractivity contribution in [2.45, 2.75) is 74.7 Å². The molecule has 2 N–H and O–H groups in total.